The summed E-state index contributed by atoms with van der Waals surface area (Å²) in [5.41, 5.74) is 0. The second kappa shape index (κ2) is 44.8. The minimum Gasteiger partial charge on any atom is -0.462 e. The second-order valence-corrected chi connectivity index (χ2v) is 14.3. The molecule has 6 nitrogen and oxygen atoms in total. The van der Waals surface area contributed by atoms with Crippen LogP contribution in [0.2, 0.25) is 0 Å². The van der Waals surface area contributed by atoms with Gasteiger partial charge < -0.3 is 14.2 Å². The molecule has 0 aromatic rings. The zero-order valence-corrected chi connectivity index (χ0v) is 36.3. The van der Waals surface area contributed by atoms with Crippen LogP contribution in [-0.4, -0.2) is 37.2 Å². The van der Waals surface area contributed by atoms with Gasteiger partial charge in [0.25, 0.3) is 0 Å². The van der Waals surface area contributed by atoms with Crippen molar-refractivity contribution in [3.05, 3.63) is 109 Å². The second-order valence-electron chi connectivity index (χ2n) is 14.3. The molecule has 57 heavy (non-hydrogen) atoms. The van der Waals surface area contributed by atoms with Crippen LogP contribution >= 0.6 is 0 Å². The van der Waals surface area contributed by atoms with Gasteiger partial charge >= 0.3 is 17.9 Å². The molecule has 0 rings (SSSR count). The first-order valence-corrected chi connectivity index (χ1v) is 22.5. The van der Waals surface area contributed by atoms with E-state index < -0.39 is 6.10 Å². The molecule has 0 aliphatic heterocycles. The van der Waals surface area contributed by atoms with Crippen molar-refractivity contribution in [3.8, 4) is 0 Å². The maximum Gasteiger partial charge on any atom is 0.306 e. The molecule has 1 atom stereocenters. The van der Waals surface area contributed by atoms with E-state index >= 15 is 0 Å². The molecular formula is C51H80O6. The van der Waals surface area contributed by atoms with Gasteiger partial charge in [0.15, 0.2) is 6.10 Å². The zero-order valence-electron chi connectivity index (χ0n) is 36.3. The lowest BCUT2D eigenvalue weighted by atomic mass is 10.1. The molecule has 0 radical (unpaired) electrons. The van der Waals surface area contributed by atoms with Crippen LogP contribution in [0, 0.1) is 0 Å². The number of carbonyl (C=O) groups is 3. The van der Waals surface area contributed by atoms with Crippen molar-refractivity contribution in [3.63, 3.8) is 0 Å². The Kier molecular flexibility index (Phi) is 41.7. The Morgan fingerprint density at radius 3 is 1.30 bits per heavy atom. The van der Waals surface area contributed by atoms with Crippen LogP contribution < -0.4 is 0 Å². The highest BCUT2D eigenvalue weighted by Crippen LogP contribution is 2.12. The van der Waals surface area contributed by atoms with E-state index in [4.69, 9.17) is 14.2 Å². The molecule has 1 unspecified atom stereocenters. The van der Waals surface area contributed by atoms with Gasteiger partial charge in [0.1, 0.15) is 13.2 Å². The van der Waals surface area contributed by atoms with Crippen LogP contribution in [-0.2, 0) is 28.6 Å². The number of hydrogen-bond acceptors (Lipinski definition) is 6. The van der Waals surface area contributed by atoms with Crippen molar-refractivity contribution in [1.82, 2.24) is 0 Å². The smallest absolute Gasteiger partial charge is 0.306 e. The predicted molar refractivity (Wildman–Crippen MR) is 242 cm³/mol. The van der Waals surface area contributed by atoms with Gasteiger partial charge in [-0.05, 0) is 83.5 Å². The Bertz CT molecular complexity index is 1230. The molecule has 0 N–H and O–H groups in total. The summed E-state index contributed by atoms with van der Waals surface area (Å²) in [6, 6.07) is 0. The quantitative estimate of drug-likeness (QED) is 0.0204. The molecule has 0 heterocycles. The monoisotopic (exact) mass is 789 g/mol. The Morgan fingerprint density at radius 1 is 0.386 bits per heavy atom. The lowest BCUT2D eigenvalue weighted by Gasteiger charge is -2.18. The number of unbranched alkanes of at least 4 members (excludes halogenated alkanes) is 14. The maximum atomic E-state index is 12.7. The van der Waals surface area contributed by atoms with Crippen LogP contribution in [0.4, 0.5) is 0 Å². The molecule has 0 saturated carbocycles. The third kappa shape index (κ3) is 43.0. The molecule has 0 aliphatic rings. The predicted octanol–water partition coefficient (Wildman–Crippen LogP) is 14.4. The molecule has 0 aromatic carbocycles. The van der Waals surface area contributed by atoms with E-state index in [0.717, 1.165) is 122 Å². The lowest BCUT2D eigenvalue weighted by Crippen LogP contribution is -2.30. The molecule has 0 spiro atoms. The first-order valence-electron chi connectivity index (χ1n) is 22.5. The maximum absolute atomic E-state index is 12.7. The third-order valence-electron chi connectivity index (χ3n) is 8.90. The van der Waals surface area contributed by atoms with E-state index in [9.17, 15) is 14.4 Å². The number of carbonyl (C=O) groups excluding carboxylic acids is 3. The average Bonchev–Trinajstić information content (AvgIpc) is 3.21. The minimum absolute atomic E-state index is 0.107. The highest BCUT2D eigenvalue weighted by molar-refractivity contribution is 5.71. The normalized spacial score (nSPS) is 13.1. The number of ether oxygens (including phenoxy) is 3. The molecule has 0 amide bonds. The molecular weight excluding hydrogens is 709 g/mol. The van der Waals surface area contributed by atoms with Gasteiger partial charge in [-0.15, -0.1) is 0 Å². The van der Waals surface area contributed by atoms with Crippen LogP contribution in [0.3, 0.4) is 0 Å². The number of rotatable bonds is 38. The standard InChI is InChI=1S/C51H80O6/c1-4-7-10-13-16-19-22-24-25-26-27-28-30-32-35-38-41-44-50(53)56-47-48(46-55-49(52)43-40-37-34-31-21-18-15-12-9-6-3)57-51(54)45-42-39-36-33-29-23-20-17-14-11-8-5-2/h7-8,10-11,13,15-20,22,24-28,30,48H,4-6,9,12,14,21,23,29,31-47H2,1-3H3/b10-7-,11-8-,16-13-,18-15-,20-17-,22-19-,25-24-,27-26+,30-28-. The van der Waals surface area contributed by atoms with Crippen molar-refractivity contribution >= 4 is 17.9 Å². The average molecular weight is 789 g/mol. The summed E-state index contributed by atoms with van der Waals surface area (Å²) in [6.45, 7) is 6.24. The van der Waals surface area contributed by atoms with Crippen LogP contribution in [0.1, 0.15) is 175 Å². The van der Waals surface area contributed by atoms with Gasteiger partial charge in [-0.1, -0.05) is 182 Å². The van der Waals surface area contributed by atoms with Crippen molar-refractivity contribution < 1.29 is 28.6 Å². The van der Waals surface area contributed by atoms with E-state index in [1.54, 1.807) is 0 Å². The van der Waals surface area contributed by atoms with Crippen molar-refractivity contribution in [2.24, 2.45) is 0 Å². The highest BCUT2D eigenvalue weighted by Gasteiger charge is 2.19. The topological polar surface area (TPSA) is 78.9 Å². The highest BCUT2D eigenvalue weighted by atomic mass is 16.6. The third-order valence-corrected chi connectivity index (χ3v) is 8.90. The summed E-state index contributed by atoms with van der Waals surface area (Å²) in [7, 11) is 0. The molecule has 0 aliphatic carbocycles. The summed E-state index contributed by atoms with van der Waals surface area (Å²) in [4.78, 5) is 37.7. The Morgan fingerprint density at radius 2 is 0.772 bits per heavy atom. The van der Waals surface area contributed by atoms with Gasteiger partial charge in [0.05, 0.1) is 0 Å². The minimum atomic E-state index is -0.808. The fourth-order valence-corrected chi connectivity index (χ4v) is 5.55. The van der Waals surface area contributed by atoms with Gasteiger partial charge in [-0.25, -0.2) is 0 Å². The summed E-state index contributed by atoms with van der Waals surface area (Å²) in [6.07, 6.45) is 59.3. The number of esters is 3. The molecule has 0 bridgehead atoms. The number of hydrogen-bond donors (Lipinski definition) is 0. The molecule has 320 valence electrons. The largest absolute Gasteiger partial charge is 0.462 e. The van der Waals surface area contributed by atoms with Gasteiger partial charge in [0, 0.05) is 19.3 Å². The van der Waals surface area contributed by atoms with Gasteiger partial charge in [-0.3, -0.25) is 14.4 Å². The zero-order chi connectivity index (χ0) is 41.5. The number of allylic oxidation sites excluding steroid dienone is 18. The SMILES string of the molecule is CC\C=C/C=C\C=C/C=C\C=C\C=C/CCCCCC(=O)OCC(COC(=O)CCCCCC/C=C\CCCC)OC(=O)CCCCCCC/C=C\C/C=C\CC. The summed E-state index contributed by atoms with van der Waals surface area (Å²) < 4.78 is 16.6. The van der Waals surface area contributed by atoms with Crippen molar-refractivity contribution in [2.45, 2.75) is 181 Å². The molecule has 6 heteroatoms. The lowest BCUT2D eigenvalue weighted by molar-refractivity contribution is -0.167. The van der Waals surface area contributed by atoms with Crippen LogP contribution in [0.15, 0.2) is 109 Å². The Hall–Kier alpha value is -3.93. The fourth-order valence-electron chi connectivity index (χ4n) is 5.55. The van der Waals surface area contributed by atoms with Crippen LogP contribution in [0.25, 0.3) is 0 Å². The summed E-state index contributed by atoms with van der Waals surface area (Å²) >= 11 is 0. The molecule has 0 aromatic heterocycles. The Labute approximate surface area is 349 Å². The van der Waals surface area contributed by atoms with Crippen molar-refractivity contribution in [1.29, 1.82) is 0 Å². The first kappa shape index (κ1) is 53.1. The van der Waals surface area contributed by atoms with E-state index in [2.05, 4.69) is 69.4 Å². The van der Waals surface area contributed by atoms with E-state index in [-0.39, 0.29) is 31.1 Å². The van der Waals surface area contributed by atoms with E-state index in [0.29, 0.717) is 19.3 Å². The van der Waals surface area contributed by atoms with Crippen molar-refractivity contribution in [2.75, 3.05) is 13.2 Å². The Balaban J connectivity index is 4.52. The van der Waals surface area contributed by atoms with Gasteiger partial charge in [-0.2, -0.15) is 0 Å². The summed E-state index contributed by atoms with van der Waals surface area (Å²) in [5, 5.41) is 0. The molecule has 0 fully saturated rings. The van der Waals surface area contributed by atoms with Gasteiger partial charge in [0.2, 0.25) is 0 Å². The first-order chi connectivity index (χ1) is 28.0. The van der Waals surface area contributed by atoms with E-state index in [1.165, 1.54) is 12.8 Å². The van der Waals surface area contributed by atoms with E-state index in [1.807, 2.05) is 60.8 Å². The molecule has 0 saturated heterocycles. The summed E-state index contributed by atoms with van der Waals surface area (Å²) in [5.74, 6) is -0.994. The fraction of sp³-hybridized carbons (Fsp3) is 0.588. The van der Waals surface area contributed by atoms with Crippen LogP contribution in [0.5, 0.6) is 0 Å².